The lowest BCUT2D eigenvalue weighted by atomic mass is 10.2. The molecule has 2 aromatic rings. The van der Waals surface area contributed by atoms with Gasteiger partial charge in [-0.25, -0.2) is 0 Å². The van der Waals surface area contributed by atoms with E-state index in [1.165, 1.54) is 0 Å². The smallest absolute Gasteiger partial charge is 0.251 e. The highest BCUT2D eigenvalue weighted by Crippen LogP contribution is 2.21. The van der Waals surface area contributed by atoms with Gasteiger partial charge in [0.2, 0.25) is 5.91 Å². The maximum Gasteiger partial charge on any atom is 0.251 e. The molecule has 1 N–H and O–H groups in total. The maximum atomic E-state index is 12.4. The standard InChI is InChI=1S/C20H22N2O3S/c1-15(20(24)22-11-13-26-14-12-22)21-19(23)16-7-9-18(10-8-16)25-17-5-3-2-4-6-17/h2-10,15H,11-14H2,1H3,(H,21,23). The molecule has 0 aliphatic carbocycles. The topological polar surface area (TPSA) is 58.6 Å². The third-order valence-electron chi connectivity index (χ3n) is 4.14. The Balaban J connectivity index is 1.56. The first-order valence-corrected chi connectivity index (χ1v) is 9.79. The molecule has 1 atom stereocenters. The van der Waals surface area contributed by atoms with E-state index in [2.05, 4.69) is 5.32 Å². The molecule has 0 aromatic heterocycles. The fourth-order valence-electron chi connectivity index (χ4n) is 2.70. The summed E-state index contributed by atoms with van der Waals surface area (Å²) >= 11 is 1.85. The van der Waals surface area contributed by atoms with Crippen LogP contribution in [-0.4, -0.2) is 47.4 Å². The summed E-state index contributed by atoms with van der Waals surface area (Å²) in [5.41, 5.74) is 0.499. The molecule has 0 bridgehead atoms. The lowest BCUT2D eigenvalue weighted by molar-refractivity contribution is -0.132. The summed E-state index contributed by atoms with van der Waals surface area (Å²) in [5.74, 6) is 3.02. The summed E-state index contributed by atoms with van der Waals surface area (Å²) in [6, 6.07) is 15.8. The first-order valence-electron chi connectivity index (χ1n) is 8.64. The van der Waals surface area contributed by atoms with Crippen molar-refractivity contribution < 1.29 is 14.3 Å². The Morgan fingerprint density at radius 3 is 2.27 bits per heavy atom. The second-order valence-electron chi connectivity index (χ2n) is 6.07. The molecule has 0 spiro atoms. The SMILES string of the molecule is CC(NC(=O)c1ccc(Oc2ccccc2)cc1)C(=O)N1CCSCC1. The Morgan fingerprint density at radius 2 is 1.62 bits per heavy atom. The summed E-state index contributed by atoms with van der Waals surface area (Å²) in [7, 11) is 0. The normalized spacial score (nSPS) is 15.2. The average Bonchev–Trinajstić information content (AvgIpc) is 2.69. The zero-order chi connectivity index (χ0) is 18.4. The number of hydrogen-bond acceptors (Lipinski definition) is 4. The van der Waals surface area contributed by atoms with E-state index in [-0.39, 0.29) is 11.8 Å². The Kier molecular flexibility index (Phi) is 6.17. The molecule has 6 heteroatoms. The van der Waals surface area contributed by atoms with Crippen molar-refractivity contribution in [1.82, 2.24) is 10.2 Å². The fourth-order valence-corrected chi connectivity index (χ4v) is 3.60. The van der Waals surface area contributed by atoms with Crippen molar-refractivity contribution in [3.63, 3.8) is 0 Å². The van der Waals surface area contributed by atoms with Crippen molar-refractivity contribution in [2.75, 3.05) is 24.6 Å². The number of benzene rings is 2. The molecule has 1 heterocycles. The predicted molar refractivity (Wildman–Crippen MR) is 104 cm³/mol. The monoisotopic (exact) mass is 370 g/mol. The van der Waals surface area contributed by atoms with Gasteiger partial charge < -0.3 is 15.0 Å². The first kappa shape index (κ1) is 18.3. The number of carbonyl (C=O) groups excluding carboxylic acids is 2. The lowest BCUT2D eigenvalue weighted by Crippen LogP contribution is -2.49. The van der Waals surface area contributed by atoms with Crippen LogP contribution < -0.4 is 10.1 Å². The molecule has 0 radical (unpaired) electrons. The molecule has 1 aliphatic heterocycles. The molecule has 3 rings (SSSR count). The second-order valence-corrected chi connectivity index (χ2v) is 7.30. The van der Waals surface area contributed by atoms with Crippen LogP contribution in [-0.2, 0) is 4.79 Å². The van der Waals surface area contributed by atoms with Crippen LogP contribution in [0.5, 0.6) is 11.5 Å². The largest absolute Gasteiger partial charge is 0.457 e. The van der Waals surface area contributed by atoms with Gasteiger partial charge in [-0.2, -0.15) is 11.8 Å². The quantitative estimate of drug-likeness (QED) is 0.878. The molecule has 1 saturated heterocycles. The van der Waals surface area contributed by atoms with E-state index in [4.69, 9.17) is 4.74 Å². The van der Waals surface area contributed by atoms with Crippen LogP contribution in [0.25, 0.3) is 0 Å². The third kappa shape index (κ3) is 4.79. The zero-order valence-corrected chi connectivity index (χ0v) is 15.5. The second kappa shape index (κ2) is 8.76. The van der Waals surface area contributed by atoms with Crippen LogP contribution in [0.2, 0.25) is 0 Å². The molecule has 2 aromatic carbocycles. The first-order chi connectivity index (χ1) is 12.6. The minimum atomic E-state index is -0.536. The van der Waals surface area contributed by atoms with Crippen molar-refractivity contribution in [3.8, 4) is 11.5 Å². The van der Waals surface area contributed by atoms with Gasteiger partial charge >= 0.3 is 0 Å². The highest BCUT2D eigenvalue weighted by Gasteiger charge is 2.23. The fraction of sp³-hybridized carbons (Fsp3) is 0.300. The summed E-state index contributed by atoms with van der Waals surface area (Å²) in [4.78, 5) is 26.6. The van der Waals surface area contributed by atoms with Gasteiger partial charge in [0.15, 0.2) is 0 Å². The van der Waals surface area contributed by atoms with Gasteiger partial charge in [0.1, 0.15) is 17.5 Å². The van der Waals surface area contributed by atoms with E-state index in [0.29, 0.717) is 11.3 Å². The number of rotatable bonds is 5. The zero-order valence-electron chi connectivity index (χ0n) is 14.7. The Labute approximate surface area is 157 Å². The summed E-state index contributed by atoms with van der Waals surface area (Å²) in [5, 5.41) is 2.78. The molecule has 26 heavy (non-hydrogen) atoms. The van der Waals surface area contributed by atoms with Crippen molar-refractivity contribution in [3.05, 3.63) is 60.2 Å². The van der Waals surface area contributed by atoms with E-state index in [1.807, 2.05) is 47.0 Å². The molecular weight excluding hydrogens is 348 g/mol. The predicted octanol–water partition coefficient (Wildman–Crippen LogP) is 3.17. The van der Waals surface area contributed by atoms with E-state index < -0.39 is 6.04 Å². The minimum absolute atomic E-state index is 0.0253. The van der Waals surface area contributed by atoms with E-state index >= 15 is 0 Å². The Morgan fingerprint density at radius 1 is 1.00 bits per heavy atom. The van der Waals surface area contributed by atoms with Crippen molar-refractivity contribution in [2.24, 2.45) is 0 Å². The van der Waals surface area contributed by atoms with Crippen molar-refractivity contribution >= 4 is 23.6 Å². The van der Waals surface area contributed by atoms with Crippen LogP contribution in [0.4, 0.5) is 0 Å². The van der Waals surface area contributed by atoms with Gasteiger partial charge in [0.25, 0.3) is 5.91 Å². The summed E-state index contributed by atoms with van der Waals surface area (Å²) < 4.78 is 5.72. The molecule has 0 saturated carbocycles. The van der Waals surface area contributed by atoms with Crippen LogP contribution in [0.15, 0.2) is 54.6 Å². The van der Waals surface area contributed by atoms with Crippen LogP contribution in [0.3, 0.4) is 0 Å². The average molecular weight is 370 g/mol. The van der Waals surface area contributed by atoms with E-state index in [1.54, 1.807) is 31.2 Å². The number of nitrogens with zero attached hydrogens (tertiary/aromatic N) is 1. The maximum absolute atomic E-state index is 12.4. The van der Waals surface area contributed by atoms with Gasteiger partial charge in [-0.15, -0.1) is 0 Å². The molecule has 1 unspecified atom stereocenters. The Bertz CT molecular complexity index is 743. The minimum Gasteiger partial charge on any atom is -0.457 e. The van der Waals surface area contributed by atoms with Crippen LogP contribution in [0, 0.1) is 0 Å². The molecule has 5 nitrogen and oxygen atoms in total. The molecule has 1 fully saturated rings. The van der Waals surface area contributed by atoms with Gasteiger partial charge in [0.05, 0.1) is 0 Å². The summed E-state index contributed by atoms with van der Waals surface area (Å²) in [6.07, 6.45) is 0. The number of para-hydroxylation sites is 1. The molecular formula is C20H22N2O3S. The number of thioether (sulfide) groups is 1. The van der Waals surface area contributed by atoms with Crippen LogP contribution >= 0.6 is 11.8 Å². The van der Waals surface area contributed by atoms with Gasteiger partial charge in [0, 0.05) is 30.2 Å². The van der Waals surface area contributed by atoms with E-state index in [9.17, 15) is 9.59 Å². The van der Waals surface area contributed by atoms with Gasteiger partial charge in [-0.05, 0) is 43.3 Å². The number of ether oxygens (including phenoxy) is 1. The highest BCUT2D eigenvalue weighted by molar-refractivity contribution is 7.99. The van der Waals surface area contributed by atoms with Crippen molar-refractivity contribution in [1.29, 1.82) is 0 Å². The number of carbonyl (C=O) groups is 2. The molecule has 136 valence electrons. The Hall–Kier alpha value is -2.47. The third-order valence-corrected chi connectivity index (χ3v) is 5.08. The van der Waals surface area contributed by atoms with Gasteiger partial charge in [-0.1, -0.05) is 18.2 Å². The lowest BCUT2D eigenvalue weighted by Gasteiger charge is -2.29. The molecule has 1 aliphatic rings. The molecule has 2 amide bonds. The summed E-state index contributed by atoms with van der Waals surface area (Å²) in [6.45, 7) is 3.22. The highest BCUT2D eigenvalue weighted by atomic mass is 32.2. The number of hydrogen-bond donors (Lipinski definition) is 1. The van der Waals surface area contributed by atoms with Crippen LogP contribution in [0.1, 0.15) is 17.3 Å². The van der Waals surface area contributed by atoms with E-state index in [0.717, 1.165) is 30.3 Å². The van der Waals surface area contributed by atoms with Crippen molar-refractivity contribution in [2.45, 2.75) is 13.0 Å². The number of nitrogens with one attached hydrogen (secondary N) is 1. The van der Waals surface area contributed by atoms with Gasteiger partial charge in [-0.3, -0.25) is 9.59 Å². The number of amides is 2.